The highest BCUT2D eigenvalue weighted by Crippen LogP contribution is 2.20. The van der Waals surface area contributed by atoms with E-state index in [0.29, 0.717) is 6.61 Å². The Labute approximate surface area is 64.7 Å². The number of nitrogens with two attached hydrogens (primary N) is 1. The van der Waals surface area contributed by atoms with Crippen LogP contribution in [0.2, 0.25) is 0 Å². The molecule has 1 aromatic rings. The second-order valence-corrected chi connectivity index (χ2v) is 2.44. The van der Waals surface area contributed by atoms with Crippen LogP contribution in [-0.4, -0.2) is 12.8 Å². The van der Waals surface area contributed by atoms with Crippen molar-refractivity contribution in [3.8, 4) is 11.5 Å². The van der Waals surface area contributed by atoms with Crippen LogP contribution < -0.4 is 15.2 Å². The summed E-state index contributed by atoms with van der Waals surface area (Å²) in [5.41, 5.74) is 5.54. The molecule has 11 heavy (non-hydrogen) atoms. The largest absolute Gasteiger partial charge is 0.488 e. The van der Waals surface area contributed by atoms with Gasteiger partial charge in [0, 0.05) is 0 Å². The highest BCUT2D eigenvalue weighted by atomic mass is 16.5. The fourth-order valence-corrected chi connectivity index (χ4v) is 1.00. The van der Waals surface area contributed by atoms with E-state index in [1.807, 2.05) is 24.3 Å². The number of hydrogen-bond acceptors (Lipinski definition) is 3. The van der Waals surface area contributed by atoms with E-state index < -0.39 is 0 Å². The summed E-state index contributed by atoms with van der Waals surface area (Å²) in [6, 6.07) is 7.41. The SMILES string of the molecule is NC1COc2ccc(cc2)O1. The minimum absolute atomic E-state index is 0.352. The van der Waals surface area contributed by atoms with Crippen molar-refractivity contribution in [1.29, 1.82) is 0 Å². The Kier molecular flexibility index (Phi) is 1.43. The van der Waals surface area contributed by atoms with Gasteiger partial charge in [0.1, 0.15) is 18.1 Å². The number of hydrogen-bond donors (Lipinski definition) is 1. The Morgan fingerprint density at radius 2 is 1.82 bits per heavy atom. The molecule has 0 saturated heterocycles. The molecule has 2 heterocycles. The maximum Gasteiger partial charge on any atom is 0.182 e. The maximum absolute atomic E-state index is 5.54. The van der Waals surface area contributed by atoms with Crippen molar-refractivity contribution in [2.45, 2.75) is 6.23 Å². The van der Waals surface area contributed by atoms with E-state index in [9.17, 15) is 0 Å². The average molecular weight is 151 g/mol. The van der Waals surface area contributed by atoms with Crippen LogP contribution in [0.15, 0.2) is 24.3 Å². The predicted molar refractivity (Wildman–Crippen MR) is 40.5 cm³/mol. The first-order valence-electron chi connectivity index (χ1n) is 3.50. The van der Waals surface area contributed by atoms with Crippen molar-refractivity contribution in [2.75, 3.05) is 6.61 Å². The lowest BCUT2D eigenvalue weighted by Crippen LogP contribution is -2.34. The summed E-state index contributed by atoms with van der Waals surface area (Å²) in [6.45, 7) is 0.410. The van der Waals surface area contributed by atoms with Gasteiger partial charge >= 0.3 is 0 Å². The zero-order valence-corrected chi connectivity index (χ0v) is 5.99. The summed E-state index contributed by atoms with van der Waals surface area (Å²) in [4.78, 5) is 0. The monoisotopic (exact) mass is 151 g/mol. The molecule has 2 aliphatic heterocycles. The van der Waals surface area contributed by atoms with Crippen LogP contribution in [0.5, 0.6) is 11.5 Å². The van der Waals surface area contributed by atoms with E-state index in [2.05, 4.69) is 0 Å². The maximum atomic E-state index is 5.54. The first-order chi connectivity index (χ1) is 5.34. The van der Waals surface area contributed by atoms with Crippen LogP contribution in [0.3, 0.4) is 0 Å². The molecule has 3 rings (SSSR count). The molecule has 0 fully saturated rings. The van der Waals surface area contributed by atoms with Gasteiger partial charge in [0.25, 0.3) is 0 Å². The van der Waals surface area contributed by atoms with Gasteiger partial charge in [-0.05, 0) is 24.3 Å². The van der Waals surface area contributed by atoms with Crippen molar-refractivity contribution in [2.24, 2.45) is 5.73 Å². The molecule has 0 radical (unpaired) electrons. The Bertz CT molecular complexity index is 245. The second kappa shape index (κ2) is 2.43. The zero-order valence-electron chi connectivity index (χ0n) is 5.99. The van der Waals surface area contributed by atoms with Gasteiger partial charge in [-0.2, -0.15) is 0 Å². The van der Waals surface area contributed by atoms with Crippen molar-refractivity contribution in [1.82, 2.24) is 0 Å². The Morgan fingerprint density at radius 1 is 1.18 bits per heavy atom. The third-order valence-electron chi connectivity index (χ3n) is 1.53. The summed E-state index contributed by atoms with van der Waals surface area (Å²) < 4.78 is 10.5. The molecule has 3 heteroatoms. The molecule has 0 aliphatic carbocycles. The Balaban J connectivity index is 2.35. The van der Waals surface area contributed by atoms with Gasteiger partial charge in [0.05, 0.1) is 0 Å². The highest BCUT2D eigenvalue weighted by molar-refractivity contribution is 5.32. The summed E-state index contributed by atoms with van der Waals surface area (Å²) in [5.74, 6) is 1.64. The van der Waals surface area contributed by atoms with E-state index in [1.54, 1.807) is 0 Å². The fourth-order valence-electron chi connectivity index (χ4n) is 1.00. The molecule has 2 aliphatic rings. The summed E-state index contributed by atoms with van der Waals surface area (Å²) in [6.07, 6.45) is -0.352. The average Bonchev–Trinajstić information content (AvgIpc) is 1.98. The third-order valence-corrected chi connectivity index (χ3v) is 1.53. The Hall–Kier alpha value is -1.22. The number of ether oxygens (including phenoxy) is 2. The van der Waals surface area contributed by atoms with Gasteiger partial charge in [-0.25, -0.2) is 0 Å². The fraction of sp³-hybridized carbons (Fsp3) is 0.250. The minimum Gasteiger partial charge on any atom is -0.488 e. The van der Waals surface area contributed by atoms with Gasteiger partial charge in [-0.3, -0.25) is 5.73 Å². The molecule has 0 aromatic heterocycles. The van der Waals surface area contributed by atoms with Crippen LogP contribution >= 0.6 is 0 Å². The van der Waals surface area contributed by atoms with Gasteiger partial charge in [-0.1, -0.05) is 0 Å². The molecule has 1 atom stereocenters. The van der Waals surface area contributed by atoms with Crippen molar-refractivity contribution in [3.05, 3.63) is 24.3 Å². The van der Waals surface area contributed by atoms with E-state index in [4.69, 9.17) is 15.2 Å². The molecule has 2 bridgehead atoms. The Morgan fingerprint density at radius 3 is 2.55 bits per heavy atom. The van der Waals surface area contributed by atoms with E-state index in [1.165, 1.54) is 0 Å². The molecule has 0 spiro atoms. The molecule has 3 nitrogen and oxygen atoms in total. The summed E-state index contributed by atoms with van der Waals surface area (Å²) in [7, 11) is 0. The molecular weight excluding hydrogens is 142 g/mol. The zero-order chi connectivity index (χ0) is 7.68. The summed E-state index contributed by atoms with van der Waals surface area (Å²) in [5, 5.41) is 0. The number of benzene rings is 1. The van der Waals surface area contributed by atoms with Crippen molar-refractivity contribution in [3.63, 3.8) is 0 Å². The number of fused-ring (bicyclic) bond motifs is 5. The predicted octanol–water partition coefficient (Wildman–Crippen LogP) is 0.743. The quantitative estimate of drug-likeness (QED) is 0.594. The second-order valence-electron chi connectivity index (χ2n) is 2.44. The molecule has 0 amide bonds. The van der Waals surface area contributed by atoms with Gasteiger partial charge in [-0.15, -0.1) is 0 Å². The third kappa shape index (κ3) is 1.28. The van der Waals surface area contributed by atoms with Crippen LogP contribution in [0.4, 0.5) is 0 Å². The van der Waals surface area contributed by atoms with E-state index in [-0.39, 0.29) is 6.23 Å². The lowest BCUT2D eigenvalue weighted by atomic mass is 10.3. The lowest BCUT2D eigenvalue weighted by molar-refractivity contribution is 0.128. The minimum atomic E-state index is -0.352. The first kappa shape index (κ1) is 6.49. The topological polar surface area (TPSA) is 44.5 Å². The van der Waals surface area contributed by atoms with Crippen LogP contribution in [0.25, 0.3) is 0 Å². The van der Waals surface area contributed by atoms with Gasteiger partial charge in [0.15, 0.2) is 6.23 Å². The molecule has 1 aromatic carbocycles. The van der Waals surface area contributed by atoms with Crippen LogP contribution in [0.1, 0.15) is 0 Å². The van der Waals surface area contributed by atoms with E-state index >= 15 is 0 Å². The van der Waals surface area contributed by atoms with E-state index in [0.717, 1.165) is 11.5 Å². The molecule has 2 N–H and O–H groups in total. The van der Waals surface area contributed by atoms with Crippen LogP contribution in [-0.2, 0) is 0 Å². The molecular formula is C8H9NO2. The van der Waals surface area contributed by atoms with Crippen molar-refractivity contribution < 1.29 is 9.47 Å². The van der Waals surface area contributed by atoms with Crippen LogP contribution in [0, 0.1) is 0 Å². The lowest BCUT2D eigenvalue weighted by Gasteiger charge is -2.18. The molecule has 0 saturated carbocycles. The standard InChI is InChI=1S/C8H9NO2/c9-8-5-10-6-1-3-7(11-8)4-2-6/h1-4,8H,5,9H2. The summed E-state index contributed by atoms with van der Waals surface area (Å²) >= 11 is 0. The first-order valence-corrected chi connectivity index (χ1v) is 3.50. The molecule has 1 unspecified atom stereocenters. The smallest absolute Gasteiger partial charge is 0.182 e. The van der Waals surface area contributed by atoms with Gasteiger partial charge in [0.2, 0.25) is 0 Å². The van der Waals surface area contributed by atoms with Crippen molar-refractivity contribution >= 4 is 0 Å². The number of rotatable bonds is 0. The normalized spacial score (nSPS) is 21.4. The molecule has 58 valence electrons. The highest BCUT2D eigenvalue weighted by Gasteiger charge is 2.09. The van der Waals surface area contributed by atoms with Gasteiger partial charge < -0.3 is 9.47 Å².